The second-order valence-electron chi connectivity index (χ2n) is 3.24. The fourth-order valence-electron chi connectivity index (χ4n) is 1.37. The van der Waals surface area contributed by atoms with Crippen molar-refractivity contribution in [1.82, 2.24) is 14.8 Å². The summed E-state index contributed by atoms with van der Waals surface area (Å²) >= 11 is 6.00. The van der Waals surface area contributed by atoms with Crippen molar-refractivity contribution in [3.63, 3.8) is 0 Å². The molecule has 2 rings (SSSR count). The highest BCUT2D eigenvalue weighted by atomic mass is 35.5. The first-order chi connectivity index (χ1) is 7.61. The van der Waals surface area contributed by atoms with Gasteiger partial charge in [0.05, 0.1) is 17.8 Å². The Labute approximate surface area is 96.6 Å². The highest BCUT2D eigenvalue weighted by molar-refractivity contribution is 6.32. The number of aromatic amines is 1. The van der Waals surface area contributed by atoms with Crippen molar-refractivity contribution in [3.05, 3.63) is 39.5 Å². The molecule has 0 saturated carbocycles. The standard InChI is InChI=1S/C10H10ClN3O2/c1-6-12-10(15)14(13-6)9-5-7(16-2)3-4-8(9)11/h3-5H,1-2H3,(H,12,13,15). The lowest BCUT2D eigenvalue weighted by molar-refractivity contribution is 0.414. The fraction of sp³-hybridized carbons (Fsp3) is 0.200. The maximum atomic E-state index is 11.5. The topological polar surface area (TPSA) is 59.9 Å². The molecule has 0 saturated heterocycles. The summed E-state index contributed by atoms with van der Waals surface area (Å²) in [5, 5.41) is 4.46. The molecule has 1 aromatic carbocycles. The molecule has 0 bridgehead atoms. The van der Waals surface area contributed by atoms with Crippen molar-refractivity contribution in [2.24, 2.45) is 0 Å². The first-order valence-electron chi connectivity index (χ1n) is 4.61. The number of aromatic nitrogens is 3. The predicted octanol–water partition coefficient (Wildman–Crippen LogP) is 1.53. The highest BCUT2D eigenvalue weighted by Crippen LogP contribution is 2.23. The molecule has 1 N–H and O–H groups in total. The van der Waals surface area contributed by atoms with Gasteiger partial charge in [0.15, 0.2) is 0 Å². The molecule has 0 aliphatic carbocycles. The summed E-state index contributed by atoms with van der Waals surface area (Å²) in [6.45, 7) is 1.70. The van der Waals surface area contributed by atoms with E-state index < -0.39 is 0 Å². The zero-order valence-corrected chi connectivity index (χ0v) is 9.58. The minimum absolute atomic E-state index is 0.326. The van der Waals surface area contributed by atoms with Gasteiger partial charge in [0.25, 0.3) is 0 Å². The molecule has 1 heterocycles. The Hall–Kier alpha value is -1.75. The van der Waals surface area contributed by atoms with E-state index in [0.29, 0.717) is 22.3 Å². The van der Waals surface area contributed by atoms with Crippen LogP contribution in [0.5, 0.6) is 5.75 Å². The van der Waals surface area contributed by atoms with Gasteiger partial charge in [-0.3, -0.25) is 4.98 Å². The van der Waals surface area contributed by atoms with Crippen LogP contribution in [0.25, 0.3) is 5.69 Å². The van der Waals surface area contributed by atoms with Gasteiger partial charge in [-0.05, 0) is 19.1 Å². The van der Waals surface area contributed by atoms with Crippen LogP contribution in [-0.2, 0) is 0 Å². The smallest absolute Gasteiger partial charge is 0.348 e. The van der Waals surface area contributed by atoms with Crippen LogP contribution in [0.15, 0.2) is 23.0 Å². The number of methoxy groups -OCH3 is 1. The lowest BCUT2D eigenvalue weighted by Crippen LogP contribution is -2.16. The third-order valence-electron chi connectivity index (χ3n) is 2.11. The van der Waals surface area contributed by atoms with Crippen molar-refractivity contribution in [3.8, 4) is 11.4 Å². The van der Waals surface area contributed by atoms with E-state index in [1.54, 1.807) is 32.2 Å². The molecule has 84 valence electrons. The Kier molecular flexibility index (Phi) is 2.70. The molecule has 0 aliphatic rings. The van der Waals surface area contributed by atoms with Crippen LogP contribution < -0.4 is 10.4 Å². The van der Waals surface area contributed by atoms with E-state index in [1.807, 2.05) is 0 Å². The van der Waals surface area contributed by atoms with E-state index >= 15 is 0 Å². The van der Waals surface area contributed by atoms with Crippen LogP contribution in [0.2, 0.25) is 5.02 Å². The summed E-state index contributed by atoms with van der Waals surface area (Å²) in [6.07, 6.45) is 0. The van der Waals surface area contributed by atoms with Gasteiger partial charge >= 0.3 is 5.69 Å². The molecule has 1 aromatic heterocycles. The van der Waals surface area contributed by atoms with Crippen molar-refractivity contribution in [1.29, 1.82) is 0 Å². The minimum atomic E-state index is -0.326. The van der Waals surface area contributed by atoms with Crippen LogP contribution in [-0.4, -0.2) is 21.9 Å². The number of hydrogen-bond acceptors (Lipinski definition) is 3. The van der Waals surface area contributed by atoms with Gasteiger partial charge in [-0.15, -0.1) is 0 Å². The molecule has 2 aromatic rings. The summed E-state index contributed by atoms with van der Waals surface area (Å²) in [4.78, 5) is 14.1. The maximum Gasteiger partial charge on any atom is 0.348 e. The lowest BCUT2D eigenvalue weighted by Gasteiger charge is -2.05. The molecule has 6 heteroatoms. The van der Waals surface area contributed by atoms with E-state index in [4.69, 9.17) is 16.3 Å². The first-order valence-corrected chi connectivity index (χ1v) is 4.99. The SMILES string of the molecule is COc1ccc(Cl)c(-n2nc(C)[nH]c2=O)c1. The zero-order chi connectivity index (χ0) is 11.7. The number of halogens is 1. The van der Waals surface area contributed by atoms with Crippen molar-refractivity contribution >= 4 is 11.6 Å². The lowest BCUT2D eigenvalue weighted by atomic mass is 10.3. The quantitative estimate of drug-likeness (QED) is 0.865. The fourth-order valence-corrected chi connectivity index (χ4v) is 1.57. The average molecular weight is 240 g/mol. The molecule has 0 aliphatic heterocycles. The van der Waals surface area contributed by atoms with E-state index in [0.717, 1.165) is 0 Å². The maximum absolute atomic E-state index is 11.5. The Morgan fingerprint density at radius 1 is 1.50 bits per heavy atom. The number of hydrogen-bond donors (Lipinski definition) is 1. The van der Waals surface area contributed by atoms with Crippen molar-refractivity contribution in [2.45, 2.75) is 6.92 Å². The number of rotatable bonds is 2. The van der Waals surface area contributed by atoms with E-state index in [-0.39, 0.29) is 5.69 Å². The van der Waals surface area contributed by atoms with E-state index in [1.165, 1.54) is 4.68 Å². The predicted molar refractivity (Wildman–Crippen MR) is 60.5 cm³/mol. The average Bonchev–Trinajstić information content (AvgIpc) is 2.58. The number of aryl methyl sites for hydroxylation is 1. The third kappa shape index (κ3) is 1.81. The summed E-state index contributed by atoms with van der Waals surface area (Å²) in [6, 6.07) is 5.03. The van der Waals surface area contributed by atoms with Crippen LogP contribution >= 0.6 is 11.6 Å². The van der Waals surface area contributed by atoms with Crippen LogP contribution in [0, 0.1) is 6.92 Å². The summed E-state index contributed by atoms with van der Waals surface area (Å²) in [5.74, 6) is 1.15. The van der Waals surface area contributed by atoms with Crippen molar-refractivity contribution in [2.75, 3.05) is 7.11 Å². The van der Waals surface area contributed by atoms with Gasteiger partial charge < -0.3 is 4.74 Å². The second kappa shape index (κ2) is 4.02. The largest absolute Gasteiger partial charge is 0.497 e. The van der Waals surface area contributed by atoms with Crippen molar-refractivity contribution < 1.29 is 4.74 Å². The van der Waals surface area contributed by atoms with Gasteiger partial charge in [-0.25, -0.2) is 4.79 Å². The highest BCUT2D eigenvalue weighted by Gasteiger charge is 2.09. The van der Waals surface area contributed by atoms with E-state index in [2.05, 4.69) is 10.1 Å². The number of ether oxygens (including phenoxy) is 1. The molecule has 0 radical (unpaired) electrons. The van der Waals surface area contributed by atoms with Crippen LogP contribution in [0.1, 0.15) is 5.82 Å². The molecule has 0 fully saturated rings. The van der Waals surface area contributed by atoms with Crippen LogP contribution in [0.3, 0.4) is 0 Å². The molecule has 16 heavy (non-hydrogen) atoms. The molecular weight excluding hydrogens is 230 g/mol. The Bertz CT molecular complexity index is 574. The number of H-pyrrole nitrogens is 1. The minimum Gasteiger partial charge on any atom is -0.497 e. The first kappa shape index (κ1) is 10.8. The molecule has 5 nitrogen and oxygen atoms in total. The van der Waals surface area contributed by atoms with E-state index in [9.17, 15) is 4.79 Å². The van der Waals surface area contributed by atoms with Gasteiger partial charge in [0, 0.05) is 6.07 Å². The summed E-state index contributed by atoms with van der Waals surface area (Å²) in [7, 11) is 1.55. The number of benzene rings is 1. The van der Waals surface area contributed by atoms with Gasteiger partial charge in [0.1, 0.15) is 11.6 Å². The second-order valence-corrected chi connectivity index (χ2v) is 3.65. The monoisotopic (exact) mass is 239 g/mol. The zero-order valence-electron chi connectivity index (χ0n) is 8.82. The normalized spacial score (nSPS) is 10.4. The molecule has 0 spiro atoms. The summed E-state index contributed by atoms with van der Waals surface area (Å²) < 4.78 is 6.27. The van der Waals surface area contributed by atoms with Gasteiger partial charge in [-0.2, -0.15) is 9.78 Å². The Morgan fingerprint density at radius 3 is 2.81 bits per heavy atom. The molecular formula is C10H10ClN3O2. The summed E-state index contributed by atoms with van der Waals surface area (Å²) in [5.41, 5.74) is 0.169. The number of nitrogens with zero attached hydrogens (tertiary/aromatic N) is 2. The Balaban J connectivity index is 2.63. The number of nitrogens with one attached hydrogen (secondary N) is 1. The van der Waals surface area contributed by atoms with Gasteiger partial charge in [0.2, 0.25) is 0 Å². The molecule has 0 amide bonds. The third-order valence-corrected chi connectivity index (χ3v) is 2.43. The van der Waals surface area contributed by atoms with Crippen LogP contribution in [0.4, 0.5) is 0 Å². The Morgan fingerprint density at radius 2 is 2.25 bits per heavy atom. The van der Waals surface area contributed by atoms with Gasteiger partial charge in [-0.1, -0.05) is 11.6 Å². The molecule has 0 unspecified atom stereocenters. The molecule has 0 atom stereocenters.